The second-order valence-electron chi connectivity index (χ2n) is 4.37. The number of nitrogens with zero attached hydrogens (tertiary/aromatic N) is 1. The number of sulfonamides is 1. The van der Waals surface area contributed by atoms with Crippen molar-refractivity contribution in [1.29, 1.82) is 0 Å². The van der Waals surface area contributed by atoms with Crippen molar-refractivity contribution in [2.45, 2.75) is 24.0 Å². The third-order valence-corrected chi connectivity index (χ3v) is 7.63. The summed E-state index contributed by atoms with van der Waals surface area (Å²) in [5, 5.41) is 1.74. The Morgan fingerprint density at radius 3 is 2.83 bits per heavy atom. The maximum atomic E-state index is 12.4. The SMILES string of the molecule is CC(=O)C1CCCN(S(=O)(=O)c2sccc2Br)C1. The van der Waals surface area contributed by atoms with E-state index in [2.05, 4.69) is 15.9 Å². The van der Waals surface area contributed by atoms with Crippen LogP contribution in [0.25, 0.3) is 0 Å². The molecule has 1 aromatic rings. The van der Waals surface area contributed by atoms with Gasteiger partial charge in [0, 0.05) is 23.5 Å². The lowest BCUT2D eigenvalue weighted by Crippen LogP contribution is -2.41. The first-order valence-electron chi connectivity index (χ1n) is 5.66. The Labute approximate surface area is 119 Å². The van der Waals surface area contributed by atoms with Gasteiger partial charge in [-0.1, -0.05) is 0 Å². The fourth-order valence-corrected chi connectivity index (χ4v) is 6.05. The number of hydrogen-bond donors (Lipinski definition) is 0. The molecule has 0 radical (unpaired) electrons. The van der Waals surface area contributed by atoms with Gasteiger partial charge in [0.25, 0.3) is 10.0 Å². The van der Waals surface area contributed by atoms with E-state index in [0.29, 0.717) is 21.8 Å². The molecule has 4 nitrogen and oxygen atoms in total. The van der Waals surface area contributed by atoms with Gasteiger partial charge in [0.05, 0.1) is 0 Å². The molecular formula is C11H14BrNO3S2. The fourth-order valence-electron chi connectivity index (χ4n) is 2.07. The van der Waals surface area contributed by atoms with Crippen LogP contribution in [-0.2, 0) is 14.8 Å². The van der Waals surface area contributed by atoms with Crippen LogP contribution < -0.4 is 0 Å². The zero-order valence-corrected chi connectivity index (χ0v) is 13.1. The first-order valence-corrected chi connectivity index (χ1v) is 8.78. The van der Waals surface area contributed by atoms with Gasteiger partial charge in [-0.15, -0.1) is 11.3 Å². The summed E-state index contributed by atoms with van der Waals surface area (Å²) in [4.78, 5) is 11.4. The van der Waals surface area contributed by atoms with Gasteiger partial charge in [-0.05, 0) is 47.1 Å². The fraction of sp³-hybridized carbons (Fsp3) is 0.545. The van der Waals surface area contributed by atoms with Gasteiger partial charge in [-0.2, -0.15) is 4.31 Å². The van der Waals surface area contributed by atoms with Crippen LogP contribution in [0.5, 0.6) is 0 Å². The number of ketones is 1. The van der Waals surface area contributed by atoms with Crippen LogP contribution in [0.3, 0.4) is 0 Å². The summed E-state index contributed by atoms with van der Waals surface area (Å²) >= 11 is 4.45. The number of hydrogen-bond acceptors (Lipinski definition) is 4. The number of carbonyl (C=O) groups excluding carboxylic acids is 1. The number of Topliss-reactive ketones (excluding diaryl/α,β-unsaturated/α-hetero) is 1. The second-order valence-corrected chi connectivity index (χ2v) is 8.27. The Kier molecular flexibility index (Phi) is 4.25. The average molecular weight is 352 g/mol. The van der Waals surface area contributed by atoms with Gasteiger partial charge in [-0.25, -0.2) is 8.42 Å². The zero-order valence-electron chi connectivity index (χ0n) is 9.93. The van der Waals surface area contributed by atoms with E-state index in [9.17, 15) is 13.2 Å². The van der Waals surface area contributed by atoms with Crippen LogP contribution in [-0.4, -0.2) is 31.6 Å². The zero-order chi connectivity index (χ0) is 13.3. The second kappa shape index (κ2) is 5.40. The van der Waals surface area contributed by atoms with E-state index in [1.807, 2.05) is 0 Å². The molecule has 100 valence electrons. The predicted octanol–water partition coefficient (Wildman–Crippen LogP) is 2.50. The van der Waals surface area contributed by atoms with E-state index in [4.69, 9.17) is 0 Å². The molecule has 0 saturated carbocycles. The van der Waals surface area contributed by atoms with Crippen molar-refractivity contribution in [3.8, 4) is 0 Å². The number of rotatable bonds is 3. The highest BCUT2D eigenvalue weighted by molar-refractivity contribution is 9.10. The molecule has 0 bridgehead atoms. The largest absolute Gasteiger partial charge is 0.300 e. The highest BCUT2D eigenvalue weighted by Gasteiger charge is 2.33. The molecule has 0 aromatic carbocycles. The predicted molar refractivity (Wildman–Crippen MR) is 74.2 cm³/mol. The molecule has 1 fully saturated rings. The van der Waals surface area contributed by atoms with Crippen molar-refractivity contribution >= 4 is 43.1 Å². The van der Waals surface area contributed by atoms with Crippen LogP contribution in [0.2, 0.25) is 0 Å². The minimum atomic E-state index is -3.46. The first kappa shape index (κ1) is 14.2. The minimum Gasteiger partial charge on any atom is -0.300 e. The standard InChI is InChI=1S/C11H14BrNO3S2/c1-8(14)9-3-2-5-13(7-9)18(15,16)11-10(12)4-6-17-11/h4,6,9H,2-3,5,7H2,1H3. The number of piperidine rings is 1. The number of halogens is 1. The highest BCUT2D eigenvalue weighted by atomic mass is 79.9. The number of thiophene rings is 1. The Morgan fingerprint density at radius 2 is 2.28 bits per heavy atom. The Morgan fingerprint density at radius 1 is 1.56 bits per heavy atom. The van der Waals surface area contributed by atoms with Crippen molar-refractivity contribution in [2.24, 2.45) is 5.92 Å². The molecule has 1 aliphatic heterocycles. The normalized spacial score (nSPS) is 22.0. The molecule has 1 unspecified atom stereocenters. The molecule has 1 atom stereocenters. The summed E-state index contributed by atoms with van der Waals surface area (Å²) < 4.78 is 27.2. The Balaban J connectivity index is 2.26. The van der Waals surface area contributed by atoms with Crippen LogP contribution in [0, 0.1) is 5.92 Å². The molecule has 1 saturated heterocycles. The highest BCUT2D eigenvalue weighted by Crippen LogP contribution is 2.32. The van der Waals surface area contributed by atoms with E-state index in [1.54, 1.807) is 11.4 Å². The lowest BCUT2D eigenvalue weighted by molar-refractivity contribution is -0.121. The van der Waals surface area contributed by atoms with Crippen LogP contribution in [0.15, 0.2) is 20.1 Å². The van der Waals surface area contributed by atoms with Crippen LogP contribution >= 0.6 is 27.3 Å². The van der Waals surface area contributed by atoms with Gasteiger partial charge < -0.3 is 0 Å². The summed E-state index contributed by atoms with van der Waals surface area (Å²) in [5.74, 6) is -0.0904. The molecule has 18 heavy (non-hydrogen) atoms. The van der Waals surface area contributed by atoms with E-state index in [-0.39, 0.29) is 11.7 Å². The third-order valence-electron chi connectivity index (χ3n) is 3.12. The molecule has 7 heteroatoms. The lowest BCUT2D eigenvalue weighted by Gasteiger charge is -2.30. The average Bonchev–Trinajstić information content (AvgIpc) is 2.76. The van der Waals surface area contributed by atoms with Crippen molar-refractivity contribution in [2.75, 3.05) is 13.1 Å². The third kappa shape index (κ3) is 2.68. The summed E-state index contributed by atoms with van der Waals surface area (Å²) in [7, 11) is -3.46. The molecule has 2 heterocycles. The van der Waals surface area contributed by atoms with Gasteiger partial charge in [-0.3, -0.25) is 4.79 Å². The van der Waals surface area contributed by atoms with Gasteiger partial charge in [0.2, 0.25) is 0 Å². The monoisotopic (exact) mass is 351 g/mol. The van der Waals surface area contributed by atoms with Gasteiger partial charge >= 0.3 is 0 Å². The quantitative estimate of drug-likeness (QED) is 0.840. The van der Waals surface area contributed by atoms with E-state index in [0.717, 1.165) is 12.8 Å². The first-order chi connectivity index (χ1) is 8.43. The maximum Gasteiger partial charge on any atom is 0.253 e. The molecule has 1 aromatic heterocycles. The summed E-state index contributed by atoms with van der Waals surface area (Å²) in [6.07, 6.45) is 1.53. The lowest BCUT2D eigenvalue weighted by atomic mass is 9.96. The van der Waals surface area contributed by atoms with Crippen molar-refractivity contribution in [1.82, 2.24) is 4.31 Å². The molecule has 2 rings (SSSR count). The van der Waals surface area contributed by atoms with Crippen molar-refractivity contribution < 1.29 is 13.2 Å². The Hall–Kier alpha value is -0.240. The van der Waals surface area contributed by atoms with Crippen LogP contribution in [0.4, 0.5) is 0 Å². The smallest absolute Gasteiger partial charge is 0.253 e. The van der Waals surface area contributed by atoms with Crippen LogP contribution in [0.1, 0.15) is 19.8 Å². The van der Waals surface area contributed by atoms with E-state index in [1.165, 1.54) is 22.6 Å². The molecule has 1 aliphatic rings. The van der Waals surface area contributed by atoms with E-state index < -0.39 is 10.0 Å². The number of carbonyl (C=O) groups is 1. The van der Waals surface area contributed by atoms with Crippen molar-refractivity contribution in [3.05, 3.63) is 15.9 Å². The topological polar surface area (TPSA) is 54.5 Å². The molecular weight excluding hydrogens is 338 g/mol. The minimum absolute atomic E-state index is 0.0696. The summed E-state index contributed by atoms with van der Waals surface area (Å²) in [5.41, 5.74) is 0. The molecule has 0 aliphatic carbocycles. The van der Waals surface area contributed by atoms with E-state index >= 15 is 0 Å². The summed E-state index contributed by atoms with van der Waals surface area (Å²) in [6, 6.07) is 1.73. The summed E-state index contributed by atoms with van der Waals surface area (Å²) in [6.45, 7) is 2.33. The maximum absolute atomic E-state index is 12.4. The molecule has 0 N–H and O–H groups in total. The van der Waals surface area contributed by atoms with Crippen molar-refractivity contribution in [3.63, 3.8) is 0 Å². The molecule has 0 amide bonds. The van der Waals surface area contributed by atoms with Gasteiger partial charge in [0.1, 0.15) is 9.99 Å². The Bertz CT molecular complexity index is 552. The molecule has 0 spiro atoms. The van der Waals surface area contributed by atoms with Gasteiger partial charge in [0.15, 0.2) is 0 Å².